The van der Waals surface area contributed by atoms with Gasteiger partial charge >= 0.3 is 11.2 Å². The first kappa shape index (κ1) is 10.2. The van der Waals surface area contributed by atoms with Crippen LogP contribution >= 0.6 is 11.7 Å². The van der Waals surface area contributed by atoms with E-state index in [1.807, 2.05) is 0 Å². The second kappa shape index (κ2) is 3.34. The Balaban J connectivity index is 2.86. The van der Waals surface area contributed by atoms with Gasteiger partial charge < -0.3 is 5.21 Å². The van der Waals surface area contributed by atoms with Gasteiger partial charge in [-0.2, -0.15) is 4.12 Å². The van der Waals surface area contributed by atoms with E-state index in [2.05, 4.69) is 4.37 Å². The smallest absolute Gasteiger partial charge is 0.332 e. The van der Waals surface area contributed by atoms with Crippen molar-refractivity contribution in [3.05, 3.63) is 37.6 Å². The lowest BCUT2D eigenvalue weighted by Gasteiger charge is -1.94. The van der Waals surface area contributed by atoms with Gasteiger partial charge in [-0.3, -0.25) is 20.2 Å². The summed E-state index contributed by atoms with van der Waals surface area (Å²) in [6, 6.07) is 1.74. The summed E-state index contributed by atoms with van der Waals surface area (Å²) < 4.78 is 3.85. The zero-order valence-electron chi connectivity index (χ0n) is 7.39. The molecule has 1 aromatic carbocycles. The highest BCUT2D eigenvalue weighted by atomic mass is 32.1. The molecule has 16 heavy (non-hydrogen) atoms. The Hall–Kier alpha value is -2.36. The standard InChI is InChI=1S/C6H2N4O5S/c11-8(12)3-1-4(9(13)14)6-5(2-3)10(15)16-7-6/h1-2H. The van der Waals surface area contributed by atoms with Crippen LogP contribution in [0.3, 0.4) is 0 Å². The van der Waals surface area contributed by atoms with E-state index < -0.39 is 21.2 Å². The van der Waals surface area contributed by atoms with E-state index in [1.54, 1.807) is 0 Å². The number of nitrogens with zero attached hydrogens (tertiary/aromatic N) is 4. The number of nitro groups is 2. The number of fused-ring (bicyclic) bond motifs is 1. The molecule has 0 aliphatic carbocycles. The Kier molecular flexibility index (Phi) is 2.12. The van der Waals surface area contributed by atoms with Gasteiger partial charge in [0.05, 0.1) is 22.0 Å². The SMILES string of the molecule is O=[N+]([O-])c1cc([N+](=O)[O-])c2ns[n+]([O-])c2c1. The van der Waals surface area contributed by atoms with Gasteiger partial charge in [-0.15, -0.1) is 0 Å². The van der Waals surface area contributed by atoms with Crippen molar-refractivity contribution in [1.82, 2.24) is 4.37 Å². The Morgan fingerprint density at radius 3 is 2.50 bits per heavy atom. The van der Waals surface area contributed by atoms with Gasteiger partial charge in [-0.1, -0.05) is 0 Å². The second-order valence-electron chi connectivity index (χ2n) is 2.78. The normalized spacial score (nSPS) is 10.5. The average molecular weight is 242 g/mol. The van der Waals surface area contributed by atoms with E-state index in [0.717, 1.165) is 12.1 Å². The lowest BCUT2D eigenvalue weighted by Crippen LogP contribution is -2.19. The maximum Gasteiger partial charge on any atom is 0.332 e. The van der Waals surface area contributed by atoms with Crippen LogP contribution in [-0.2, 0) is 0 Å². The molecule has 0 N–H and O–H groups in total. The molecule has 0 fully saturated rings. The van der Waals surface area contributed by atoms with Crippen molar-refractivity contribution >= 4 is 34.1 Å². The van der Waals surface area contributed by atoms with Gasteiger partial charge in [0, 0.05) is 4.37 Å². The zero-order chi connectivity index (χ0) is 11.9. The van der Waals surface area contributed by atoms with Gasteiger partial charge in [0.2, 0.25) is 5.52 Å². The molecule has 1 heterocycles. The van der Waals surface area contributed by atoms with Crippen LogP contribution in [0.4, 0.5) is 11.4 Å². The summed E-state index contributed by atoms with van der Waals surface area (Å²) >= 11 is 0.454. The zero-order valence-corrected chi connectivity index (χ0v) is 8.21. The van der Waals surface area contributed by atoms with E-state index in [9.17, 15) is 25.4 Å². The van der Waals surface area contributed by atoms with Gasteiger partial charge in [0.1, 0.15) is 0 Å². The Labute approximate surface area is 90.7 Å². The minimum absolute atomic E-state index is 0.143. The first-order valence-corrected chi connectivity index (χ1v) is 4.56. The van der Waals surface area contributed by atoms with Crippen molar-refractivity contribution in [2.24, 2.45) is 0 Å². The molecule has 9 nitrogen and oxygen atoms in total. The van der Waals surface area contributed by atoms with Crippen LogP contribution in [-0.4, -0.2) is 14.2 Å². The van der Waals surface area contributed by atoms with E-state index in [0.29, 0.717) is 11.7 Å². The number of nitro benzene ring substituents is 2. The number of rotatable bonds is 2. The first-order valence-electron chi connectivity index (χ1n) is 3.83. The minimum atomic E-state index is -0.810. The van der Waals surface area contributed by atoms with Gasteiger partial charge in [0.25, 0.3) is 17.4 Å². The van der Waals surface area contributed by atoms with Crippen molar-refractivity contribution in [3.63, 3.8) is 0 Å². The topological polar surface area (TPSA) is 126 Å². The van der Waals surface area contributed by atoms with Gasteiger partial charge in [-0.25, -0.2) is 0 Å². The van der Waals surface area contributed by atoms with Crippen molar-refractivity contribution in [1.29, 1.82) is 0 Å². The summed E-state index contributed by atoms with van der Waals surface area (Å²) in [7, 11) is 0. The summed E-state index contributed by atoms with van der Waals surface area (Å²) in [6.07, 6.45) is 0. The maximum atomic E-state index is 11.2. The van der Waals surface area contributed by atoms with Crippen LogP contribution in [0.25, 0.3) is 11.0 Å². The molecule has 2 aromatic rings. The first-order chi connectivity index (χ1) is 7.50. The molecule has 0 bridgehead atoms. The number of non-ortho nitro benzene ring substituents is 2. The molecule has 10 heteroatoms. The maximum absolute atomic E-state index is 11.2. The molecule has 1 aromatic heterocycles. The third kappa shape index (κ3) is 1.40. The molecule has 2 rings (SSSR count). The molecular weight excluding hydrogens is 240 g/mol. The van der Waals surface area contributed by atoms with E-state index >= 15 is 0 Å². The molecule has 0 aliphatic heterocycles. The number of benzene rings is 1. The molecule has 0 saturated heterocycles. The fraction of sp³-hybridized carbons (Fsp3) is 0. The monoisotopic (exact) mass is 242 g/mol. The van der Waals surface area contributed by atoms with Crippen molar-refractivity contribution in [3.8, 4) is 0 Å². The van der Waals surface area contributed by atoms with Gasteiger partial charge in [0.15, 0.2) is 0 Å². The average Bonchev–Trinajstić information content (AvgIpc) is 2.59. The molecule has 82 valence electrons. The van der Waals surface area contributed by atoms with Crippen molar-refractivity contribution in [2.45, 2.75) is 0 Å². The third-order valence-electron chi connectivity index (χ3n) is 1.86. The van der Waals surface area contributed by atoms with Crippen LogP contribution in [0.2, 0.25) is 0 Å². The fourth-order valence-corrected chi connectivity index (χ4v) is 1.76. The summed E-state index contributed by atoms with van der Waals surface area (Å²) in [6.45, 7) is 0. The largest absolute Gasteiger partial charge is 0.700 e. The Morgan fingerprint density at radius 2 is 1.94 bits per heavy atom. The van der Waals surface area contributed by atoms with Gasteiger partial charge in [-0.05, 0) is 0 Å². The lowest BCUT2D eigenvalue weighted by atomic mass is 10.2. The molecule has 0 atom stereocenters. The summed E-state index contributed by atoms with van der Waals surface area (Å²) in [4.78, 5) is 19.5. The minimum Gasteiger partial charge on any atom is -0.700 e. The molecule has 0 aliphatic rings. The Morgan fingerprint density at radius 1 is 1.25 bits per heavy atom. The molecular formula is C6H2N4O5S. The Bertz CT molecular complexity index is 608. The van der Waals surface area contributed by atoms with Crippen LogP contribution in [0.15, 0.2) is 12.1 Å². The van der Waals surface area contributed by atoms with Crippen LogP contribution in [0, 0.1) is 25.4 Å². The van der Waals surface area contributed by atoms with Crippen LogP contribution < -0.4 is 4.12 Å². The number of hydrogen-bond donors (Lipinski definition) is 0. The van der Waals surface area contributed by atoms with E-state index in [4.69, 9.17) is 0 Å². The predicted molar refractivity (Wildman–Crippen MR) is 51.9 cm³/mol. The second-order valence-corrected chi connectivity index (χ2v) is 3.45. The lowest BCUT2D eigenvalue weighted by molar-refractivity contribution is -0.501. The predicted octanol–water partition coefficient (Wildman–Crippen LogP) is 0.746. The van der Waals surface area contributed by atoms with Crippen molar-refractivity contribution in [2.75, 3.05) is 0 Å². The van der Waals surface area contributed by atoms with E-state index in [1.165, 1.54) is 0 Å². The third-order valence-corrected chi connectivity index (χ3v) is 2.47. The van der Waals surface area contributed by atoms with Crippen LogP contribution in [0.1, 0.15) is 0 Å². The number of aromatic nitrogens is 2. The molecule has 0 radical (unpaired) electrons. The van der Waals surface area contributed by atoms with Crippen LogP contribution in [0.5, 0.6) is 0 Å². The summed E-state index contributed by atoms with van der Waals surface area (Å²) in [5, 5.41) is 32.3. The molecule has 0 amide bonds. The molecule has 0 saturated carbocycles. The fourth-order valence-electron chi connectivity index (χ4n) is 1.19. The van der Waals surface area contributed by atoms with E-state index in [-0.39, 0.29) is 15.2 Å². The molecule has 0 spiro atoms. The number of hydrogen-bond acceptors (Lipinski definition) is 7. The van der Waals surface area contributed by atoms with Crippen molar-refractivity contribution < 1.29 is 14.0 Å². The highest BCUT2D eigenvalue weighted by molar-refractivity contribution is 6.95. The highest BCUT2D eigenvalue weighted by Gasteiger charge is 2.27. The summed E-state index contributed by atoms with van der Waals surface area (Å²) in [5.41, 5.74) is -1.37. The highest BCUT2D eigenvalue weighted by Crippen LogP contribution is 2.28. The summed E-state index contributed by atoms with van der Waals surface area (Å²) in [5.74, 6) is 0. The molecule has 0 unspecified atom stereocenters. The quantitative estimate of drug-likeness (QED) is 0.331.